The molecule has 1 heterocycles. The quantitative estimate of drug-likeness (QED) is 0.684. The van der Waals surface area contributed by atoms with Crippen LogP contribution in [0.4, 0.5) is 4.79 Å². The molecule has 1 rings (SSSR count). The van der Waals surface area contributed by atoms with E-state index >= 15 is 0 Å². The van der Waals surface area contributed by atoms with Crippen molar-refractivity contribution in [2.75, 3.05) is 13.1 Å². The summed E-state index contributed by atoms with van der Waals surface area (Å²) in [6.45, 7) is 13.9. The van der Waals surface area contributed by atoms with Crippen molar-refractivity contribution >= 4 is 12.0 Å². The molecule has 108 valence electrons. The molecule has 0 N–H and O–H groups in total. The van der Waals surface area contributed by atoms with E-state index in [-0.39, 0.29) is 24.1 Å². The third kappa shape index (κ3) is 3.98. The minimum atomic E-state index is -0.502. The van der Waals surface area contributed by atoms with Crippen molar-refractivity contribution in [3.05, 3.63) is 12.7 Å². The fraction of sp³-hybridized carbons (Fsp3) is 0.714. The lowest BCUT2D eigenvalue weighted by Crippen LogP contribution is -2.59. The third-order valence-electron chi connectivity index (χ3n) is 3.00. The van der Waals surface area contributed by atoms with Crippen LogP contribution >= 0.6 is 0 Å². The van der Waals surface area contributed by atoms with Gasteiger partial charge in [0.1, 0.15) is 5.60 Å². The first kappa shape index (κ1) is 15.5. The van der Waals surface area contributed by atoms with Crippen LogP contribution in [0.1, 0.15) is 34.6 Å². The molecule has 1 saturated heterocycles. The summed E-state index contributed by atoms with van der Waals surface area (Å²) in [6.07, 6.45) is 0.993. The zero-order valence-electron chi connectivity index (χ0n) is 12.5. The van der Waals surface area contributed by atoms with Gasteiger partial charge in [-0.1, -0.05) is 6.58 Å². The van der Waals surface area contributed by atoms with Gasteiger partial charge in [-0.25, -0.2) is 4.79 Å². The average Bonchev–Trinajstić information content (AvgIpc) is 2.25. The maximum atomic E-state index is 12.0. The Morgan fingerprint density at radius 2 is 1.68 bits per heavy atom. The van der Waals surface area contributed by atoms with Gasteiger partial charge in [0, 0.05) is 25.2 Å². The monoisotopic (exact) mass is 268 g/mol. The van der Waals surface area contributed by atoms with Crippen LogP contribution in [0.5, 0.6) is 0 Å². The van der Waals surface area contributed by atoms with Gasteiger partial charge in [0.25, 0.3) is 0 Å². The lowest BCUT2D eigenvalue weighted by atomic mass is 10.1. The zero-order valence-corrected chi connectivity index (χ0v) is 12.5. The van der Waals surface area contributed by atoms with Gasteiger partial charge in [-0.05, 0) is 40.7 Å². The Hall–Kier alpha value is -1.52. The molecule has 0 aromatic carbocycles. The Kier molecular flexibility index (Phi) is 4.61. The van der Waals surface area contributed by atoms with Gasteiger partial charge < -0.3 is 14.5 Å². The molecule has 1 fully saturated rings. The van der Waals surface area contributed by atoms with E-state index < -0.39 is 5.60 Å². The van der Waals surface area contributed by atoms with E-state index in [1.54, 1.807) is 9.80 Å². The van der Waals surface area contributed by atoms with E-state index in [0.717, 1.165) is 0 Å². The fourth-order valence-corrected chi connectivity index (χ4v) is 2.34. The smallest absolute Gasteiger partial charge is 0.410 e. The lowest BCUT2D eigenvalue weighted by molar-refractivity contribution is -0.133. The number of hydrogen-bond donors (Lipinski definition) is 0. The van der Waals surface area contributed by atoms with Gasteiger partial charge in [0.2, 0.25) is 5.91 Å². The standard InChI is InChI=1S/C14H24N2O3/c1-7-12(17)16-10(2)8-15(9-11(16)3)13(18)19-14(4,5)6/h7,10-11H,1,8-9H2,2-6H3. The summed E-state index contributed by atoms with van der Waals surface area (Å²) in [5.41, 5.74) is -0.502. The minimum Gasteiger partial charge on any atom is -0.444 e. The topological polar surface area (TPSA) is 49.9 Å². The second-order valence-electron chi connectivity index (χ2n) is 6.03. The van der Waals surface area contributed by atoms with Crippen LogP contribution in [0.15, 0.2) is 12.7 Å². The Morgan fingerprint density at radius 3 is 2.05 bits per heavy atom. The summed E-state index contributed by atoms with van der Waals surface area (Å²) >= 11 is 0. The molecule has 2 unspecified atom stereocenters. The molecule has 0 saturated carbocycles. The second kappa shape index (κ2) is 5.63. The highest BCUT2D eigenvalue weighted by atomic mass is 16.6. The van der Waals surface area contributed by atoms with E-state index in [4.69, 9.17) is 4.74 Å². The number of amides is 2. The molecule has 5 heteroatoms. The van der Waals surface area contributed by atoms with Crippen LogP contribution in [-0.4, -0.2) is 52.6 Å². The average molecular weight is 268 g/mol. The van der Waals surface area contributed by atoms with Crippen LogP contribution in [0.3, 0.4) is 0 Å². The van der Waals surface area contributed by atoms with Crippen LogP contribution in [0.25, 0.3) is 0 Å². The molecule has 2 atom stereocenters. The number of rotatable bonds is 1. The van der Waals surface area contributed by atoms with Gasteiger partial charge in [0.15, 0.2) is 0 Å². The highest BCUT2D eigenvalue weighted by molar-refractivity contribution is 5.87. The predicted molar refractivity (Wildman–Crippen MR) is 73.8 cm³/mol. The first-order valence-electron chi connectivity index (χ1n) is 6.58. The molecular formula is C14H24N2O3. The molecule has 1 aliphatic heterocycles. The second-order valence-corrected chi connectivity index (χ2v) is 6.03. The highest BCUT2D eigenvalue weighted by Crippen LogP contribution is 2.19. The zero-order chi connectivity index (χ0) is 14.8. The van der Waals surface area contributed by atoms with Crippen LogP contribution < -0.4 is 0 Å². The van der Waals surface area contributed by atoms with Crippen LogP contribution in [-0.2, 0) is 9.53 Å². The van der Waals surface area contributed by atoms with Crippen molar-refractivity contribution in [3.8, 4) is 0 Å². The maximum absolute atomic E-state index is 12.0. The third-order valence-corrected chi connectivity index (χ3v) is 3.00. The number of nitrogens with zero attached hydrogens (tertiary/aromatic N) is 2. The normalized spacial score (nSPS) is 24.1. The Bertz CT molecular complexity index is 361. The molecule has 0 bridgehead atoms. The molecule has 0 aliphatic carbocycles. The summed E-state index contributed by atoms with van der Waals surface area (Å²) in [5.74, 6) is -0.0937. The van der Waals surface area contributed by atoms with Gasteiger partial charge in [-0.3, -0.25) is 4.79 Å². The molecule has 5 nitrogen and oxygen atoms in total. The summed E-state index contributed by atoms with van der Waals surface area (Å²) < 4.78 is 5.36. The predicted octanol–water partition coefficient (Wildman–Crippen LogP) is 2.03. The first-order valence-corrected chi connectivity index (χ1v) is 6.58. The molecule has 0 aromatic rings. The summed E-state index contributed by atoms with van der Waals surface area (Å²) in [5, 5.41) is 0. The van der Waals surface area contributed by atoms with Crippen LogP contribution in [0, 0.1) is 0 Å². The van der Waals surface area contributed by atoms with E-state index in [0.29, 0.717) is 13.1 Å². The molecule has 0 spiro atoms. The summed E-state index contributed by atoms with van der Waals surface area (Å²) in [6, 6.07) is -0.0801. The number of carbonyl (C=O) groups excluding carboxylic acids is 2. The molecule has 0 aromatic heterocycles. The van der Waals surface area contributed by atoms with E-state index in [9.17, 15) is 9.59 Å². The van der Waals surface area contributed by atoms with Crippen molar-refractivity contribution in [1.82, 2.24) is 9.80 Å². The summed E-state index contributed by atoms with van der Waals surface area (Å²) in [7, 11) is 0. The lowest BCUT2D eigenvalue weighted by Gasteiger charge is -2.44. The number of piperazine rings is 1. The number of carbonyl (C=O) groups is 2. The van der Waals surface area contributed by atoms with Gasteiger partial charge in [-0.2, -0.15) is 0 Å². The SMILES string of the molecule is C=CC(=O)N1C(C)CN(C(=O)OC(C)(C)C)CC1C. The van der Waals surface area contributed by atoms with Gasteiger partial charge >= 0.3 is 6.09 Å². The number of hydrogen-bond acceptors (Lipinski definition) is 3. The number of ether oxygens (including phenoxy) is 1. The Balaban J connectivity index is 2.72. The van der Waals surface area contributed by atoms with Gasteiger partial charge in [0.05, 0.1) is 0 Å². The first-order chi connectivity index (χ1) is 8.65. The maximum Gasteiger partial charge on any atom is 0.410 e. The van der Waals surface area contributed by atoms with E-state index in [1.807, 2.05) is 34.6 Å². The van der Waals surface area contributed by atoms with Crippen molar-refractivity contribution in [1.29, 1.82) is 0 Å². The van der Waals surface area contributed by atoms with Crippen molar-refractivity contribution in [3.63, 3.8) is 0 Å². The van der Waals surface area contributed by atoms with Crippen molar-refractivity contribution in [2.45, 2.75) is 52.3 Å². The Labute approximate surface area is 115 Å². The van der Waals surface area contributed by atoms with E-state index in [1.165, 1.54) is 6.08 Å². The molecule has 0 radical (unpaired) electrons. The van der Waals surface area contributed by atoms with E-state index in [2.05, 4.69) is 6.58 Å². The minimum absolute atomic E-state index is 0.0400. The van der Waals surface area contributed by atoms with Gasteiger partial charge in [-0.15, -0.1) is 0 Å². The molecular weight excluding hydrogens is 244 g/mol. The molecule has 2 amide bonds. The molecule has 19 heavy (non-hydrogen) atoms. The largest absolute Gasteiger partial charge is 0.444 e. The summed E-state index contributed by atoms with van der Waals surface area (Å²) in [4.78, 5) is 27.2. The highest BCUT2D eigenvalue weighted by Gasteiger charge is 2.35. The molecule has 1 aliphatic rings. The fourth-order valence-electron chi connectivity index (χ4n) is 2.34. The van der Waals surface area contributed by atoms with Crippen molar-refractivity contribution < 1.29 is 14.3 Å². The van der Waals surface area contributed by atoms with Crippen LogP contribution in [0.2, 0.25) is 0 Å². The van der Waals surface area contributed by atoms with Crippen molar-refractivity contribution in [2.24, 2.45) is 0 Å². The Morgan fingerprint density at radius 1 is 1.21 bits per heavy atom.